The van der Waals surface area contributed by atoms with Gasteiger partial charge in [-0.2, -0.15) is 0 Å². The van der Waals surface area contributed by atoms with Gasteiger partial charge in [0.25, 0.3) is 0 Å². The highest BCUT2D eigenvalue weighted by Crippen LogP contribution is 2.22. The maximum atomic E-state index is 12.3. The van der Waals surface area contributed by atoms with E-state index >= 15 is 0 Å². The van der Waals surface area contributed by atoms with Crippen LogP contribution in [-0.2, 0) is 14.8 Å². The van der Waals surface area contributed by atoms with Gasteiger partial charge < -0.3 is 4.74 Å². The minimum Gasteiger partial charge on any atom is -0.377 e. The number of benzene rings is 1. The summed E-state index contributed by atoms with van der Waals surface area (Å²) in [6.45, 7) is 0.934. The molecule has 0 aliphatic carbocycles. The van der Waals surface area contributed by atoms with E-state index in [9.17, 15) is 13.2 Å². The molecule has 1 fully saturated rings. The van der Waals surface area contributed by atoms with E-state index < -0.39 is 10.0 Å². The Labute approximate surface area is 161 Å². The molecule has 138 valence electrons. The Bertz CT molecular complexity index is 898. The quantitative estimate of drug-likeness (QED) is 0.556. The average molecular weight is 412 g/mol. The number of hydrogen-bond acceptors (Lipinski definition) is 5. The molecule has 26 heavy (non-hydrogen) atoms. The van der Waals surface area contributed by atoms with E-state index in [2.05, 4.69) is 4.72 Å². The molecule has 1 aliphatic heterocycles. The van der Waals surface area contributed by atoms with Crippen molar-refractivity contribution >= 4 is 44.8 Å². The maximum Gasteiger partial charge on any atom is 0.240 e. The monoisotopic (exact) mass is 411 g/mol. The van der Waals surface area contributed by atoms with Crippen molar-refractivity contribution in [1.29, 1.82) is 0 Å². The molecule has 2 heterocycles. The zero-order valence-corrected chi connectivity index (χ0v) is 16.2. The normalized spacial score (nSPS) is 17.8. The summed E-state index contributed by atoms with van der Waals surface area (Å²) < 4.78 is 33.2. The Morgan fingerprint density at radius 2 is 2.04 bits per heavy atom. The molecule has 0 spiro atoms. The molecule has 1 N–H and O–H groups in total. The summed E-state index contributed by atoms with van der Waals surface area (Å²) in [6, 6.07) is 9.47. The summed E-state index contributed by atoms with van der Waals surface area (Å²) in [5.41, 5.74) is 0.418. The molecule has 0 bridgehead atoms. The van der Waals surface area contributed by atoms with Crippen LogP contribution < -0.4 is 4.72 Å². The highest BCUT2D eigenvalue weighted by Gasteiger charge is 2.20. The van der Waals surface area contributed by atoms with Crippen molar-refractivity contribution in [2.45, 2.75) is 23.8 Å². The number of carbonyl (C=O) groups excluding carboxylic acids is 1. The van der Waals surface area contributed by atoms with Crippen molar-refractivity contribution in [3.05, 3.63) is 57.3 Å². The van der Waals surface area contributed by atoms with Crippen molar-refractivity contribution in [3.63, 3.8) is 0 Å². The van der Waals surface area contributed by atoms with Crippen molar-refractivity contribution in [2.75, 3.05) is 13.2 Å². The van der Waals surface area contributed by atoms with Gasteiger partial charge >= 0.3 is 0 Å². The smallest absolute Gasteiger partial charge is 0.240 e. The van der Waals surface area contributed by atoms with E-state index in [1.807, 2.05) is 6.07 Å². The summed E-state index contributed by atoms with van der Waals surface area (Å²) in [4.78, 5) is 13.2. The lowest BCUT2D eigenvalue weighted by Gasteiger charge is -2.11. The number of carbonyl (C=O) groups is 1. The van der Waals surface area contributed by atoms with Gasteiger partial charge in [0.2, 0.25) is 10.0 Å². The number of rotatable bonds is 7. The van der Waals surface area contributed by atoms with Crippen LogP contribution in [0.2, 0.25) is 4.34 Å². The predicted octanol–water partition coefficient (Wildman–Crippen LogP) is 3.75. The SMILES string of the molecule is O=C(/C=C\c1ccc(Cl)s1)c1ccc(S(=O)(=O)NC[C@@H]2CCCO2)cc1. The number of nitrogens with one attached hydrogen (secondary N) is 1. The van der Waals surface area contributed by atoms with Crippen molar-refractivity contribution < 1.29 is 17.9 Å². The Hall–Kier alpha value is -1.51. The third-order valence-electron chi connectivity index (χ3n) is 3.97. The van der Waals surface area contributed by atoms with Gasteiger partial charge in [-0.1, -0.05) is 11.6 Å². The second kappa shape index (κ2) is 8.45. The first-order valence-electron chi connectivity index (χ1n) is 8.13. The second-order valence-corrected chi connectivity index (χ2v) is 9.36. The van der Waals surface area contributed by atoms with E-state index in [4.69, 9.17) is 16.3 Å². The Kier molecular flexibility index (Phi) is 6.26. The van der Waals surface area contributed by atoms with Crippen molar-refractivity contribution in [1.82, 2.24) is 4.72 Å². The molecule has 0 amide bonds. The first kappa shape index (κ1) is 19.3. The number of hydrogen-bond donors (Lipinski definition) is 1. The van der Waals surface area contributed by atoms with Gasteiger partial charge in [0.1, 0.15) is 0 Å². The molecule has 1 saturated heterocycles. The molecule has 1 atom stereocenters. The number of thiophene rings is 1. The fourth-order valence-electron chi connectivity index (χ4n) is 2.56. The van der Waals surface area contributed by atoms with Gasteiger partial charge in [0.15, 0.2) is 5.78 Å². The standard InChI is InChI=1S/C18H18ClNO4S2/c19-18-10-6-15(25-18)5-9-17(21)13-3-7-16(8-4-13)26(22,23)20-12-14-2-1-11-24-14/h3-10,14,20H,1-2,11-12H2/b9-5-/t14-/m0/s1. The largest absolute Gasteiger partial charge is 0.377 e. The van der Waals surface area contributed by atoms with Crippen LogP contribution in [0.3, 0.4) is 0 Å². The molecule has 3 rings (SSSR count). The predicted molar refractivity (Wildman–Crippen MR) is 103 cm³/mol. The third-order valence-corrected chi connectivity index (χ3v) is 6.60. The van der Waals surface area contributed by atoms with E-state index in [0.717, 1.165) is 17.7 Å². The third kappa shape index (κ3) is 5.02. The lowest BCUT2D eigenvalue weighted by Crippen LogP contribution is -2.31. The summed E-state index contributed by atoms with van der Waals surface area (Å²) in [7, 11) is -3.62. The molecule has 1 aromatic carbocycles. The van der Waals surface area contributed by atoms with Crippen LogP contribution in [0, 0.1) is 0 Å². The van der Waals surface area contributed by atoms with Crippen molar-refractivity contribution in [3.8, 4) is 0 Å². The minimum atomic E-state index is -3.62. The molecule has 5 nitrogen and oxygen atoms in total. The highest BCUT2D eigenvalue weighted by molar-refractivity contribution is 7.89. The first-order valence-corrected chi connectivity index (χ1v) is 10.8. The van der Waals surface area contributed by atoms with Gasteiger partial charge in [-0.3, -0.25) is 4.79 Å². The zero-order chi connectivity index (χ0) is 18.6. The Balaban J connectivity index is 1.63. The lowest BCUT2D eigenvalue weighted by atomic mass is 10.1. The number of ether oxygens (including phenoxy) is 1. The molecule has 0 radical (unpaired) electrons. The van der Waals surface area contributed by atoms with Crippen molar-refractivity contribution in [2.24, 2.45) is 0 Å². The van der Waals surface area contributed by atoms with Crippen LogP contribution in [0.5, 0.6) is 0 Å². The Morgan fingerprint density at radius 1 is 1.27 bits per heavy atom. The number of ketones is 1. The van der Waals surface area contributed by atoms with Gasteiger partial charge in [0.05, 0.1) is 15.3 Å². The average Bonchev–Trinajstić information content (AvgIpc) is 3.30. The molecular formula is C18H18ClNO4S2. The van der Waals surface area contributed by atoms with Gasteiger partial charge in [0, 0.05) is 23.6 Å². The van der Waals surface area contributed by atoms with Gasteiger partial charge in [-0.25, -0.2) is 13.1 Å². The van der Waals surface area contributed by atoms with Crippen LogP contribution in [0.1, 0.15) is 28.1 Å². The second-order valence-electron chi connectivity index (χ2n) is 5.85. The molecule has 2 aromatic rings. The summed E-state index contributed by atoms with van der Waals surface area (Å²) in [5, 5.41) is 0. The fraction of sp³-hybridized carbons (Fsp3) is 0.278. The van der Waals surface area contributed by atoms with Gasteiger partial charge in [-0.15, -0.1) is 11.3 Å². The molecule has 1 aliphatic rings. The van der Waals surface area contributed by atoms with Crippen LogP contribution in [0.25, 0.3) is 6.08 Å². The molecule has 8 heteroatoms. The van der Waals surface area contributed by atoms with E-state index in [1.54, 1.807) is 12.1 Å². The lowest BCUT2D eigenvalue weighted by molar-refractivity contribution is 0.104. The summed E-state index contributed by atoms with van der Waals surface area (Å²) in [5.74, 6) is -0.203. The Morgan fingerprint density at radius 3 is 2.65 bits per heavy atom. The number of allylic oxidation sites excluding steroid dienone is 1. The maximum absolute atomic E-state index is 12.3. The molecule has 1 aromatic heterocycles. The van der Waals surface area contributed by atoms with E-state index in [-0.39, 0.29) is 23.3 Å². The number of halogens is 1. The minimum absolute atomic E-state index is 0.0680. The molecular weight excluding hydrogens is 394 g/mol. The fourth-order valence-corrected chi connectivity index (χ4v) is 4.59. The topological polar surface area (TPSA) is 72.5 Å². The van der Waals surface area contributed by atoms with Crippen LogP contribution in [-0.4, -0.2) is 33.5 Å². The molecule has 0 unspecified atom stereocenters. The molecule has 0 saturated carbocycles. The van der Waals surface area contributed by atoms with Crippen LogP contribution in [0.4, 0.5) is 0 Å². The number of sulfonamides is 1. The highest BCUT2D eigenvalue weighted by atomic mass is 35.5. The van der Waals surface area contributed by atoms with Crippen LogP contribution in [0.15, 0.2) is 47.4 Å². The van der Waals surface area contributed by atoms with Gasteiger partial charge in [-0.05, 0) is 61.4 Å². The zero-order valence-electron chi connectivity index (χ0n) is 13.9. The first-order chi connectivity index (χ1) is 12.4. The van der Waals surface area contributed by atoms with E-state index in [0.29, 0.717) is 16.5 Å². The van der Waals surface area contributed by atoms with Crippen LogP contribution >= 0.6 is 22.9 Å². The summed E-state index contributed by atoms with van der Waals surface area (Å²) >= 11 is 7.22. The summed E-state index contributed by atoms with van der Waals surface area (Å²) in [6.07, 6.45) is 4.88. The van der Waals surface area contributed by atoms with E-state index in [1.165, 1.54) is 41.7 Å².